The normalized spacial score (nSPS) is 11.8. The monoisotopic (exact) mass is 254 g/mol. The maximum Gasteiger partial charge on any atom is 0.243 e. The Kier molecular flexibility index (Phi) is 3.95. The molecule has 0 amide bonds. The van der Waals surface area contributed by atoms with Crippen LogP contribution < -0.4 is 5.73 Å². The summed E-state index contributed by atoms with van der Waals surface area (Å²) in [6.07, 6.45) is 1.55. The summed E-state index contributed by atoms with van der Waals surface area (Å²) in [5.41, 5.74) is 7.54. The molecule has 2 N–H and O–H groups in total. The van der Waals surface area contributed by atoms with Crippen LogP contribution in [0, 0.1) is 13.8 Å². The van der Waals surface area contributed by atoms with Crippen molar-refractivity contribution in [1.29, 1.82) is 0 Å². The Bertz CT molecular complexity index is 536. The van der Waals surface area contributed by atoms with Crippen LogP contribution in [0.1, 0.15) is 11.1 Å². The molecular weight excluding hydrogens is 236 g/mol. The van der Waals surface area contributed by atoms with Crippen molar-refractivity contribution in [2.24, 2.45) is 0 Å². The largest absolute Gasteiger partial charge is 0.398 e. The summed E-state index contributed by atoms with van der Waals surface area (Å²) in [7, 11) is -1.98. The van der Waals surface area contributed by atoms with Crippen LogP contribution >= 0.6 is 0 Å². The molecule has 0 aliphatic heterocycles. The van der Waals surface area contributed by atoms with E-state index in [9.17, 15) is 8.42 Å². The van der Waals surface area contributed by atoms with Crippen LogP contribution in [0.15, 0.2) is 29.7 Å². The number of hydrogen-bond donors (Lipinski definition) is 1. The molecule has 94 valence electrons. The number of rotatable bonds is 4. The third-order valence-electron chi connectivity index (χ3n) is 2.70. The lowest BCUT2D eigenvalue weighted by Crippen LogP contribution is -2.28. The van der Waals surface area contributed by atoms with Crippen molar-refractivity contribution < 1.29 is 8.42 Å². The van der Waals surface area contributed by atoms with Gasteiger partial charge in [0.15, 0.2) is 0 Å². The highest BCUT2D eigenvalue weighted by atomic mass is 32.2. The SMILES string of the molecule is C=CCN(C)S(=O)(=O)c1c(C)ccc(N)c1C. The average Bonchev–Trinajstić information content (AvgIpc) is 2.24. The highest BCUT2D eigenvalue weighted by Gasteiger charge is 2.24. The van der Waals surface area contributed by atoms with Gasteiger partial charge in [0.05, 0.1) is 4.90 Å². The van der Waals surface area contributed by atoms with Gasteiger partial charge in [-0.15, -0.1) is 6.58 Å². The maximum atomic E-state index is 12.3. The quantitative estimate of drug-likeness (QED) is 0.657. The Morgan fingerprint density at radius 2 is 2.00 bits per heavy atom. The summed E-state index contributed by atoms with van der Waals surface area (Å²) in [6, 6.07) is 3.44. The first kappa shape index (κ1) is 13.7. The van der Waals surface area contributed by atoms with Gasteiger partial charge in [-0.2, -0.15) is 4.31 Å². The molecule has 0 unspecified atom stereocenters. The van der Waals surface area contributed by atoms with Gasteiger partial charge in [0.1, 0.15) is 0 Å². The third kappa shape index (κ3) is 2.50. The molecular formula is C12H18N2O2S. The van der Waals surface area contributed by atoms with Crippen molar-refractivity contribution in [2.45, 2.75) is 18.7 Å². The first-order chi connectivity index (χ1) is 7.82. The summed E-state index contributed by atoms with van der Waals surface area (Å²) >= 11 is 0. The van der Waals surface area contributed by atoms with Gasteiger partial charge >= 0.3 is 0 Å². The zero-order valence-electron chi connectivity index (χ0n) is 10.4. The van der Waals surface area contributed by atoms with E-state index in [-0.39, 0.29) is 6.54 Å². The van der Waals surface area contributed by atoms with Gasteiger partial charge in [-0.05, 0) is 31.0 Å². The number of likely N-dealkylation sites (N-methyl/N-ethyl adjacent to an activating group) is 1. The number of nitrogens with zero attached hydrogens (tertiary/aromatic N) is 1. The van der Waals surface area contributed by atoms with Crippen molar-refractivity contribution >= 4 is 15.7 Å². The van der Waals surface area contributed by atoms with E-state index in [1.165, 1.54) is 11.4 Å². The van der Waals surface area contributed by atoms with Crippen LogP contribution in [0.4, 0.5) is 5.69 Å². The molecule has 0 saturated heterocycles. The molecule has 1 aromatic carbocycles. The van der Waals surface area contributed by atoms with E-state index in [2.05, 4.69) is 6.58 Å². The fraction of sp³-hybridized carbons (Fsp3) is 0.333. The van der Waals surface area contributed by atoms with Gasteiger partial charge in [-0.3, -0.25) is 0 Å². The summed E-state index contributed by atoms with van der Waals surface area (Å²) in [5.74, 6) is 0. The lowest BCUT2D eigenvalue weighted by atomic mass is 10.1. The minimum Gasteiger partial charge on any atom is -0.398 e. The Hall–Kier alpha value is -1.33. The average molecular weight is 254 g/mol. The van der Waals surface area contributed by atoms with E-state index in [1.807, 2.05) is 0 Å². The van der Waals surface area contributed by atoms with Gasteiger partial charge < -0.3 is 5.73 Å². The molecule has 1 aromatic rings. The predicted molar refractivity (Wildman–Crippen MR) is 70.3 cm³/mol. The predicted octanol–water partition coefficient (Wildman–Crippen LogP) is 1.69. The summed E-state index contributed by atoms with van der Waals surface area (Å²) in [5, 5.41) is 0. The molecule has 0 radical (unpaired) electrons. The lowest BCUT2D eigenvalue weighted by Gasteiger charge is -2.19. The van der Waals surface area contributed by atoms with Gasteiger partial charge in [-0.25, -0.2) is 8.42 Å². The third-order valence-corrected chi connectivity index (χ3v) is 4.81. The number of aryl methyl sites for hydroxylation is 1. The Morgan fingerprint density at radius 3 is 2.53 bits per heavy atom. The van der Waals surface area contributed by atoms with E-state index >= 15 is 0 Å². The van der Waals surface area contributed by atoms with Crippen molar-refractivity contribution in [3.63, 3.8) is 0 Å². The molecule has 1 rings (SSSR count). The molecule has 0 aliphatic rings. The molecule has 0 bridgehead atoms. The zero-order valence-corrected chi connectivity index (χ0v) is 11.2. The number of hydrogen-bond acceptors (Lipinski definition) is 3. The fourth-order valence-electron chi connectivity index (χ4n) is 1.67. The van der Waals surface area contributed by atoms with E-state index in [4.69, 9.17) is 5.73 Å². The number of nitrogen functional groups attached to an aromatic ring is 1. The van der Waals surface area contributed by atoms with Crippen molar-refractivity contribution in [1.82, 2.24) is 4.31 Å². The molecule has 0 fully saturated rings. The molecule has 4 nitrogen and oxygen atoms in total. The number of sulfonamides is 1. The molecule has 0 heterocycles. The molecule has 0 aromatic heterocycles. The molecule has 5 heteroatoms. The summed E-state index contributed by atoms with van der Waals surface area (Å²) in [4.78, 5) is 0.293. The minimum atomic E-state index is -3.50. The van der Waals surface area contributed by atoms with E-state index < -0.39 is 10.0 Å². The van der Waals surface area contributed by atoms with Crippen LogP contribution in [0.3, 0.4) is 0 Å². The van der Waals surface area contributed by atoms with Gasteiger partial charge in [0, 0.05) is 19.3 Å². The first-order valence-corrected chi connectivity index (χ1v) is 6.69. The lowest BCUT2D eigenvalue weighted by molar-refractivity contribution is 0.498. The van der Waals surface area contributed by atoms with Crippen molar-refractivity contribution in [3.8, 4) is 0 Å². The molecule has 0 spiro atoms. The standard InChI is InChI=1S/C12H18N2O2S/c1-5-8-14(4)17(15,16)12-9(2)6-7-11(13)10(12)3/h5-7H,1,8,13H2,2-4H3. The van der Waals surface area contributed by atoms with Crippen molar-refractivity contribution in [3.05, 3.63) is 35.9 Å². The molecule has 0 atom stereocenters. The molecule has 0 aliphatic carbocycles. The fourth-order valence-corrected chi connectivity index (χ4v) is 3.27. The van der Waals surface area contributed by atoms with Crippen LogP contribution in [0.25, 0.3) is 0 Å². The highest BCUT2D eigenvalue weighted by molar-refractivity contribution is 7.89. The van der Waals surface area contributed by atoms with Gasteiger partial charge in [-0.1, -0.05) is 12.1 Å². The van der Waals surface area contributed by atoms with Crippen molar-refractivity contribution in [2.75, 3.05) is 19.3 Å². The van der Waals surface area contributed by atoms with E-state index in [0.29, 0.717) is 21.7 Å². The van der Waals surface area contributed by atoms with Crippen LogP contribution in [-0.2, 0) is 10.0 Å². The zero-order chi connectivity index (χ0) is 13.2. The minimum absolute atomic E-state index is 0.274. The Morgan fingerprint density at radius 1 is 1.41 bits per heavy atom. The second-order valence-electron chi connectivity index (χ2n) is 4.00. The molecule has 0 saturated carbocycles. The number of anilines is 1. The van der Waals surface area contributed by atoms with Gasteiger partial charge in [0.2, 0.25) is 10.0 Å². The second-order valence-corrected chi connectivity index (χ2v) is 5.98. The summed E-state index contributed by atoms with van der Waals surface area (Å²) in [6.45, 7) is 7.30. The van der Waals surface area contributed by atoms with Crippen LogP contribution in [0.5, 0.6) is 0 Å². The van der Waals surface area contributed by atoms with E-state index in [0.717, 1.165) is 0 Å². The first-order valence-electron chi connectivity index (χ1n) is 5.25. The van der Waals surface area contributed by atoms with Crippen LogP contribution in [0.2, 0.25) is 0 Å². The van der Waals surface area contributed by atoms with Gasteiger partial charge in [0.25, 0.3) is 0 Å². The Balaban J connectivity index is 3.43. The molecule has 17 heavy (non-hydrogen) atoms. The maximum absolute atomic E-state index is 12.3. The number of nitrogens with two attached hydrogens (primary N) is 1. The number of benzene rings is 1. The Labute approximate surface area is 103 Å². The topological polar surface area (TPSA) is 63.4 Å². The van der Waals surface area contributed by atoms with E-state index in [1.54, 1.807) is 32.1 Å². The highest BCUT2D eigenvalue weighted by Crippen LogP contribution is 2.26. The van der Waals surface area contributed by atoms with Crippen LogP contribution in [-0.4, -0.2) is 26.3 Å². The second kappa shape index (κ2) is 4.89. The summed E-state index contributed by atoms with van der Waals surface area (Å²) < 4.78 is 25.9. The smallest absolute Gasteiger partial charge is 0.243 e.